The van der Waals surface area contributed by atoms with Crippen LogP contribution in [0, 0.1) is 0 Å². The van der Waals surface area contributed by atoms with Crippen LogP contribution in [0.3, 0.4) is 0 Å². The predicted molar refractivity (Wildman–Crippen MR) is 59.3 cm³/mol. The van der Waals surface area contributed by atoms with Crippen LogP contribution in [0.15, 0.2) is 0 Å². The molecule has 0 amide bonds. The lowest BCUT2D eigenvalue weighted by Gasteiger charge is -2.42. The van der Waals surface area contributed by atoms with Gasteiger partial charge in [-0.2, -0.15) is 0 Å². The molecule has 0 aromatic rings. The number of thioether (sulfide) groups is 1. The molecule has 0 bridgehead atoms. The molecule has 0 saturated carbocycles. The molecule has 1 N–H and O–H groups in total. The molecule has 80 valence electrons. The van der Waals surface area contributed by atoms with Gasteiger partial charge in [0.05, 0.1) is 11.4 Å². The fourth-order valence-corrected chi connectivity index (χ4v) is 3.87. The lowest BCUT2D eigenvalue weighted by molar-refractivity contribution is -0.111. The van der Waals surface area contributed by atoms with Crippen molar-refractivity contribution < 1.29 is 4.79 Å². The summed E-state index contributed by atoms with van der Waals surface area (Å²) in [5.74, 6) is 0. The van der Waals surface area contributed by atoms with Gasteiger partial charge in [0.2, 0.25) is 5.12 Å². The zero-order valence-corrected chi connectivity index (χ0v) is 9.69. The number of nitrogens with one attached hydrogen (secondary N) is 1. The Morgan fingerprint density at radius 2 is 2.07 bits per heavy atom. The van der Waals surface area contributed by atoms with E-state index in [0.29, 0.717) is 17.7 Å². The number of piperidine rings is 1. The van der Waals surface area contributed by atoms with Gasteiger partial charge in [0.25, 0.3) is 0 Å². The predicted octanol–water partition coefficient (Wildman–Crippen LogP) is 1.05. The molecule has 2 heterocycles. The van der Waals surface area contributed by atoms with Crippen LogP contribution in [0.25, 0.3) is 0 Å². The molecule has 2 aliphatic heterocycles. The Balaban J connectivity index is 2.17. The molecule has 14 heavy (non-hydrogen) atoms. The van der Waals surface area contributed by atoms with Gasteiger partial charge in [-0.05, 0) is 39.8 Å². The summed E-state index contributed by atoms with van der Waals surface area (Å²) in [4.78, 5) is 14.0. The van der Waals surface area contributed by atoms with Crippen molar-refractivity contribution in [2.24, 2.45) is 0 Å². The number of hydrogen-bond donors (Lipinski definition) is 1. The Hall–Kier alpha value is -0.0600. The van der Waals surface area contributed by atoms with E-state index in [2.05, 4.69) is 24.1 Å². The van der Waals surface area contributed by atoms with Crippen LogP contribution in [-0.4, -0.2) is 40.6 Å². The lowest BCUT2D eigenvalue weighted by atomic mass is 10.0. The van der Waals surface area contributed by atoms with Gasteiger partial charge in [-0.1, -0.05) is 11.8 Å². The number of rotatable bonds is 1. The van der Waals surface area contributed by atoms with Crippen LogP contribution in [0.2, 0.25) is 0 Å². The van der Waals surface area contributed by atoms with Crippen molar-refractivity contribution in [1.82, 2.24) is 10.2 Å². The SMILES string of the molecule is CC(C)N1CC(=O)SC12CCNCC2. The van der Waals surface area contributed by atoms with E-state index in [-0.39, 0.29) is 4.87 Å². The molecule has 0 aromatic carbocycles. The molecule has 0 aliphatic carbocycles. The number of carbonyl (C=O) groups is 1. The standard InChI is InChI=1S/C10H18N2OS/c1-8(2)12-7-9(13)14-10(12)3-5-11-6-4-10/h8,11H,3-7H2,1-2H3. The van der Waals surface area contributed by atoms with Crippen LogP contribution in [0.5, 0.6) is 0 Å². The van der Waals surface area contributed by atoms with E-state index < -0.39 is 0 Å². The van der Waals surface area contributed by atoms with Crippen molar-refractivity contribution in [3.63, 3.8) is 0 Å². The van der Waals surface area contributed by atoms with Crippen molar-refractivity contribution in [3.05, 3.63) is 0 Å². The van der Waals surface area contributed by atoms with Crippen molar-refractivity contribution in [2.75, 3.05) is 19.6 Å². The topological polar surface area (TPSA) is 32.3 Å². The highest BCUT2D eigenvalue weighted by Gasteiger charge is 2.47. The van der Waals surface area contributed by atoms with Crippen molar-refractivity contribution in [1.29, 1.82) is 0 Å². The average Bonchev–Trinajstić information content (AvgIpc) is 2.44. The number of hydrogen-bond acceptors (Lipinski definition) is 4. The zero-order chi connectivity index (χ0) is 10.2. The van der Waals surface area contributed by atoms with Crippen molar-refractivity contribution >= 4 is 16.9 Å². The smallest absolute Gasteiger partial charge is 0.204 e. The molecule has 0 unspecified atom stereocenters. The zero-order valence-electron chi connectivity index (χ0n) is 8.88. The van der Waals surface area contributed by atoms with E-state index in [1.807, 2.05) is 0 Å². The van der Waals surface area contributed by atoms with Crippen molar-refractivity contribution in [2.45, 2.75) is 37.6 Å². The molecule has 1 spiro atoms. The van der Waals surface area contributed by atoms with Gasteiger partial charge in [-0.3, -0.25) is 9.69 Å². The molecular formula is C10H18N2OS. The lowest BCUT2D eigenvalue weighted by Crippen LogP contribution is -2.51. The van der Waals surface area contributed by atoms with Gasteiger partial charge < -0.3 is 5.32 Å². The van der Waals surface area contributed by atoms with Gasteiger partial charge in [-0.25, -0.2) is 0 Å². The number of carbonyl (C=O) groups excluding carboxylic acids is 1. The Bertz CT molecular complexity index is 236. The summed E-state index contributed by atoms with van der Waals surface area (Å²) in [5, 5.41) is 3.71. The van der Waals surface area contributed by atoms with E-state index in [9.17, 15) is 4.79 Å². The first kappa shape index (κ1) is 10.5. The van der Waals surface area contributed by atoms with E-state index in [1.54, 1.807) is 11.8 Å². The summed E-state index contributed by atoms with van der Waals surface area (Å²) in [6.07, 6.45) is 2.20. The van der Waals surface area contributed by atoms with Crippen LogP contribution in [-0.2, 0) is 4.79 Å². The first-order valence-electron chi connectivity index (χ1n) is 5.33. The second kappa shape index (κ2) is 3.83. The molecule has 0 aromatic heterocycles. The van der Waals surface area contributed by atoms with Crippen LogP contribution >= 0.6 is 11.8 Å². The van der Waals surface area contributed by atoms with Gasteiger partial charge >= 0.3 is 0 Å². The number of nitrogens with zero attached hydrogens (tertiary/aromatic N) is 1. The minimum atomic E-state index is 0.122. The highest BCUT2D eigenvalue weighted by atomic mass is 32.2. The Morgan fingerprint density at radius 3 is 2.64 bits per heavy atom. The van der Waals surface area contributed by atoms with Gasteiger partial charge in [0.1, 0.15) is 0 Å². The Kier molecular flexibility index (Phi) is 2.86. The molecule has 2 aliphatic rings. The summed E-state index contributed by atoms with van der Waals surface area (Å²) in [5.41, 5.74) is 0. The molecule has 2 fully saturated rings. The van der Waals surface area contributed by atoms with Gasteiger partial charge in [-0.15, -0.1) is 0 Å². The highest BCUT2D eigenvalue weighted by Crippen LogP contribution is 2.44. The summed E-state index contributed by atoms with van der Waals surface area (Å²) in [7, 11) is 0. The summed E-state index contributed by atoms with van der Waals surface area (Å²) in [6, 6.07) is 0.479. The molecule has 0 radical (unpaired) electrons. The largest absolute Gasteiger partial charge is 0.317 e. The third kappa shape index (κ3) is 1.71. The molecular weight excluding hydrogens is 196 g/mol. The quantitative estimate of drug-likeness (QED) is 0.707. The van der Waals surface area contributed by atoms with Gasteiger partial charge in [0, 0.05) is 6.04 Å². The third-order valence-corrected chi connectivity index (χ3v) is 4.51. The second-order valence-corrected chi connectivity index (χ2v) is 5.81. The van der Waals surface area contributed by atoms with Crippen LogP contribution in [0.4, 0.5) is 0 Å². The summed E-state index contributed by atoms with van der Waals surface area (Å²) >= 11 is 1.57. The minimum Gasteiger partial charge on any atom is -0.317 e. The molecule has 2 saturated heterocycles. The van der Waals surface area contributed by atoms with Gasteiger partial charge in [0.15, 0.2) is 0 Å². The van der Waals surface area contributed by atoms with E-state index in [0.717, 1.165) is 25.9 Å². The fourth-order valence-electron chi connectivity index (χ4n) is 2.45. The first-order chi connectivity index (χ1) is 6.64. The maximum absolute atomic E-state index is 11.5. The van der Waals surface area contributed by atoms with Crippen molar-refractivity contribution in [3.8, 4) is 0 Å². The fraction of sp³-hybridized carbons (Fsp3) is 0.900. The monoisotopic (exact) mass is 214 g/mol. The first-order valence-corrected chi connectivity index (χ1v) is 6.15. The third-order valence-electron chi connectivity index (χ3n) is 3.13. The summed E-state index contributed by atoms with van der Waals surface area (Å²) in [6.45, 7) is 7.10. The highest BCUT2D eigenvalue weighted by molar-refractivity contribution is 8.15. The maximum Gasteiger partial charge on any atom is 0.204 e. The van der Waals surface area contributed by atoms with E-state index >= 15 is 0 Å². The van der Waals surface area contributed by atoms with Crippen LogP contribution in [0.1, 0.15) is 26.7 Å². The van der Waals surface area contributed by atoms with E-state index in [4.69, 9.17) is 0 Å². The normalized spacial score (nSPS) is 27.8. The summed E-state index contributed by atoms with van der Waals surface area (Å²) < 4.78 is 0. The minimum absolute atomic E-state index is 0.122. The Morgan fingerprint density at radius 1 is 1.43 bits per heavy atom. The average molecular weight is 214 g/mol. The Labute approximate surface area is 89.6 Å². The second-order valence-electron chi connectivity index (χ2n) is 4.39. The van der Waals surface area contributed by atoms with E-state index in [1.165, 1.54) is 0 Å². The maximum atomic E-state index is 11.5. The molecule has 4 heteroatoms. The molecule has 0 atom stereocenters. The molecule has 3 nitrogen and oxygen atoms in total. The van der Waals surface area contributed by atoms with Crippen LogP contribution < -0.4 is 5.32 Å². The molecule has 2 rings (SSSR count).